The second kappa shape index (κ2) is 5.42. The lowest BCUT2D eigenvalue weighted by atomic mass is 10.1. The fourth-order valence-electron chi connectivity index (χ4n) is 1.19. The molecule has 0 saturated carbocycles. The fourth-order valence-corrected chi connectivity index (χ4v) is 1.43. The number of primary amides is 1. The summed E-state index contributed by atoms with van der Waals surface area (Å²) in [7, 11) is 3.03. The lowest BCUT2D eigenvalue weighted by Gasteiger charge is -2.09. The zero-order valence-corrected chi connectivity index (χ0v) is 9.75. The molecule has 2 N–H and O–H groups in total. The highest BCUT2D eigenvalue weighted by molar-refractivity contribution is 6.32. The third-order valence-corrected chi connectivity index (χ3v) is 2.23. The molecule has 86 valence electrons. The van der Waals surface area contributed by atoms with Gasteiger partial charge in [-0.3, -0.25) is 4.79 Å². The number of halogens is 1. The number of hydrogen-bond acceptors (Lipinski definition) is 3. The van der Waals surface area contributed by atoms with Gasteiger partial charge in [0.15, 0.2) is 0 Å². The van der Waals surface area contributed by atoms with E-state index in [1.54, 1.807) is 12.1 Å². The SMILES string of the molecule is COc1cc(OC)c(C=CC(N)=O)cc1Cl. The average molecular weight is 242 g/mol. The van der Waals surface area contributed by atoms with Crippen LogP contribution < -0.4 is 15.2 Å². The molecule has 0 fully saturated rings. The number of carbonyl (C=O) groups is 1. The molecule has 0 bridgehead atoms. The average Bonchev–Trinajstić information content (AvgIpc) is 2.26. The fraction of sp³-hybridized carbons (Fsp3) is 0.182. The van der Waals surface area contributed by atoms with Crippen LogP contribution in [0.3, 0.4) is 0 Å². The zero-order valence-electron chi connectivity index (χ0n) is 8.99. The highest BCUT2D eigenvalue weighted by Crippen LogP contribution is 2.33. The first-order valence-corrected chi connectivity index (χ1v) is 4.85. The summed E-state index contributed by atoms with van der Waals surface area (Å²) >= 11 is 5.94. The Morgan fingerprint density at radius 1 is 1.31 bits per heavy atom. The Morgan fingerprint density at radius 2 is 1.94 bits per heavy atom. The van der Waals surface area contributed by atoms with Crippen LogP contribution in [0.2, 0.25) is 5.02 Å². The molecule has 0 heterocycles. The molecule has 1 aromatic carbocycles. The van der Waals surface area contributed by atoms with Crippen molar-refractivity contribution < 1.29 is 14.3 Å². The van der Waals surface area contributed by atoms with Crippen LogP contribution in [0.4, 0.5) is 0 Å². The van der Waals surface area contributed by atoms with Crippen molar-refractivity contribution in [2.75, 3.05) is 14.2 Å². The lowest BCUT2D eigenvalue weighted by molar-refractivity contribution is -0.113. The maximum absolute atomic E-state index is 10.6. The van der Waals surface area contributed by atoms with Gasteiger partial charge >= 0.3 is 0 Å². The molecule has 0 aliphatic heterocycles. The van der Waals surface area contributed by atoms with E-state index in [0.717, 1.165) is 0 Å². The van der Waals surface area contributed by atoms with Crippen molar-refractivity contribution >= 4 is 23.6 Å². The quantitative estimate of drug-likeness (QED) is 0.819. The molecular weight excluding hydrogens is 230 g/mol. The Morgan fingerprint density at radius 3 is 2.44 bits per heavy atom. The molecule has 0 saturated heterocycles. The Balaban J connectivity index is 3.18. The highest BCUT2D eigenvalue weighted by atomic mass is 35.5. The minimum absolute atomic E-state index is 0.437. The maximum atomic E-state index is 10.6. The Labute approximate surface area is 98.6 Å². The zero-order chi connectivity index (χ0) is 12.1. The molecule has 5 heteroatoms. The molecule has 0 radical (unpaired) electrons. The summed E-state index contributed by atoms with van der Waals surface area (Å²) in [4.78, 5) is 10.6. The van der Waals surface area contributed by atoms with Crippen LogP contribution in [0.5, 0.6) is 11.5 Å². The van der Waals surface area contributed by atoms with E-state index >= 15 is 0 Å². The minimum Gasteiger partial charge on any atom is -0.496 e. The Hall–Kier alpha value is -1.68. The summed E-state index contributed by atoms with van der Waals surface area (Å²) in [5, 5.41) is 0.437. The molecule has 1 aromatic rings. The number of methoxy groups -OCH3 is 2. The van der Waals surface area contributed by atoms with E-state index in [1.165, 1.54) is 26.4 Å². The van der Waals surface area contributed by atoms with Gasteiger partial charge < -0.3 is 15.2 Å². The summed E-state index contributed by atoms with van der Waals surface area (Å²) in [5.41, 5.74) is 5.66. The number of hydrogen-bond donors (Lipinski definition) is 1. The molecule has 0 aliphatic carbocycles. The number of ether oxygens (including phenoxy) is 2. The van der Waals surface area contributed by atoms with Crippen LogP contribution in [0.1, 0.15) is 5.56 Å². The van der Waals surface area contributed by atoms with E-state index in [2.05, 4.69) is 0 Å². The monoisotopic (exact) mass is 241 g/mol. The van der Waals surface area contributed by atoms with Crippen molar-refractivity contribution in [3.63, 3.8) is 0 Å². The van der Waals surface area contributed by atoms with E-state index < -0.39 is 5.91 Å². The molecule has 0 aromatic heterocycles. The topological polar surface area (TPSA) is 61.6 Å². The normalized spacial score (nSPS) is 10.4. The second-order valence-corrected chi connectivity index (χ2v) is 3.37. The van der Waals surface area contributed by atoms with E-state index in [9.17, 15) is 4.79 Å². The molecule has 0 atom stereocenters. The van der Waals surface area contributed by atoms with Gasteiger partial charge in [-0.05, 0) is 12.1 Å². The molecule has 1 rings (SSSR count). The number of carbonyl (C=O) groups excluding carboxylic acids is 1. The van der Waals surface area contributed by atoms with Crippen LogP contribution in [-0.4, -0.2) is 20.1 Å². The standard InChI is InChI=1S/C11H12ClNO3/c1-15-9-6-10(16-2)8(12)5-7(9)3-4-11(13)14/h3-6H,1-2H3,(H2,13,14). The van der Waals surface area contributed by atoms with E-state index in [-0.39, 0.29) is 0 Å². The van der Waals surface area contributed by atoms with Crippen LogP contribution in [-0.2, 0) is 4.79 Å². The van der Waals surface area contributed by atoms with Crippen LogP contribution in [0.25, 0.3) is 6.08 Å². The molecule has 0 unspecified atom stereocenters. The summed E-state index contributed by atoms with van der Waals surface area (Å²) in [6.07, 6.45) is 2.77. The molecule has 0 spiro atoms. The van der Waals surface area contributed by atoms with Gasteiger partial charge in [0.25, 0.3) is 0 Å². The van der Waals surface area contributed by atoms with Gasteiger partial charge in [0.1, 0.15) is 11.5 Å². The van der Waals surface area contributed by atoms with Crippen molar-refractivity contribution in [2.24, 2.45) is 5.73 Å². The van der Waals surface area contributed by atoms with Gasteiger partial charge in [0.05, 0.1) is 19.2 Å². The smallest absolute Gasteiger partial charge is 0.241 e. The van der Waals surface area contributed by atoms with Crippen molar-refractivity contribution in [3.8, 4) is 11.5 Å². The first kappa shape index (κ1) is 12.4. The van der Waals surface area contributed by atoms with Crippen molar-refractivity contribution in [2.45, 2.75) is 0 Å². The first-order chi connectivity index (χ1) is 7.58. The van der Waals surface area contributed by atoms with Gasteiger partial charge in [-0.2, -0.15) is 0 Å². The molecule has 16 heavy (non-hydrogen) atoms. The van der Waals surface area contributed by atoms with Crippen molar-refractivity contribution in [1.29, 1.82) is 0 Å². The Kier molecular flexibility index (Phi) is 4.19. The molecule has 0 aliphatic rings. The molecular formula is C11H12ClNO3. The van der Waals surface area contributed by atoms with Gasteiger partial charge in [0.2, 0.25) is 5.91 Å². The van der Waals surface area contributed by atoms with Crippen LogP contribution in [0.15, 0.2) is 18.2 Å². The van der Waals surface area contributed by atoms with Gasteiger partial charge in [-0.1, -0.05) is 11.6 Å². The largest absolute Gasteiger partial charge is 0.496 e. The predicted octanol–water partition coefficient (Wildman–Crippen LogP) is 1.86. The minimum atomic E-state index is -0.533. The van der Waals surface area contributed by atoms with E-state index in [1.807, 2.05) is 0 Å². The number of rotatable bonds is 4. The van der Waals surface area contributed by atoms with Gasteiger partial charge in [-0.25, -0.2) is 0 Å². The van der Waals surface area contributed by atoms with E-state index in [4.69, 9.17) is 26.8 Å². The number of nitrogens with two attached hydrogens (primary N) is 1. The van der Waals surface area contributed by atoms with Crippen LogP contribution in [0, 0.1) is 0 Å². The summed E-state index contributed by atoms with van der Waals surface area (Å²) in [5.74, 6) is 0.530. The Bertz CT molecular complexity index is 429. The van der Waals surface area contributed by atoms with E-state index in [0.29, 0.717) is 22.1 Å². The second-order valence-electron chi connectivity index (χ2n) is 2.96. The number of amides is 1. The first-order valence-electron chi connectivity index (χ1n) is 4.47. The lowest BCUT2D eigenvalue weighted by Crippen LogP contribution is -2.05. The molecule has 4 nitrogen and oxygen atoms in total. The predicted molar refractivity (Wildman–Crippen MR) is 62.8 cm³/mol. The van der Waals surface area contributed by atoms with Crippen molar-refractivity contribution in [1.82, 2.24) is 0 Å². The summed E-state index contributed by atoms with van der Waals surface area (Å²) in [6.45, 7) is 0. The van der Waals surface area contributed by atoms with Crippen molar-refractivity contribution in [3.05, 3.63) is 28.8 Å². The van der Waals surface area contributed by atoms with Gasteiger partial charge in [0, 0.05) is 17.7 Å². The van der Waals surface area contributed by atoms with Crippen LogP contribution >= 0.6 is 11.6 Å². The summed E-state index contributed by atoms with van der Waals surface area (Å²) in [6, 6.07) is 3.28. The maximum Gasteiger partial charge on any atom is 0.241 e. The molecule has 1 amide bonds. The van der Waals surface area contributed by atoms with Gasteiger partial charge in [-0.15, -0.1) is 0 Å². The third-order valence-electron chi connectivity index (χ3n) is 1.93. The summed E-state index contributed by atoms with van der Waals surface area (Å²) < 4.78 is 10.2. The highest BCUT2D eigenvalue weighted by Gasteiger charge is 2.07. The third kappa shape index (κ3) is 2.90. The number of benzene rings is 1.